The first-order valence-electron chi connectivity index (χ1n) is 10.6. The number of pyridine rings is 1. The number of nitrogens with zero attached hydrogens (tertiary/aromatic N) is 2. The van der Waals surface area contributed by atoms with E-state index in [9.17, 15) is 13.2 Å². The van der Waals surface area contributed by atoms with Crippen LogP contribution in [0.5, 0.6) is 0 Å². The molecule has 1 amide bonds. The molecule has 0 bridgehead atoms. The number of carbonyl (C=O) groups is 1. The second-order valence-electron chi connectivity index (χ2n) is 9.23. The fourth-order valence-corrected chi connectivity index (χ4v) is 4.88. The molecular weight excluding hydrogens is 452 g/mol. The van der Waals surface area contributed by atoms with Crippen LogP contribution in [-0.4, -0.2) is 50.5 Å². The van der Waals surface area contributed by atoms with Crippen molar-refractivity contribution < 1.29 is 17.9 Å². The second-order valence-corrected chi connectivity index (χ2v) is 11.4. The summed E-state index contributed by atoms with van der Waals surface area (Å²) in [5.74, 6) is 0.729. The Morgan fingerprint density at radius 3 is 2.53 bits per heavy atom. The first-order chi connectivity index (χ1) is 14.8. The van der Waals surface area contributed by atoms with Crippen LogP contribution < -0.4 is 14.9 Å². The zero-order chi connectivity index (χ0) is 23.7. The highest BCUT2D eigenvalue weighted by Crippen LogP contribution is 2.33. The van der Waals surface area contributed by atoms with Gasteiger partial charge < -0.3 is 15.0 Å². The lowest BCUT2D eigenvalue weighted by molar-refractivity contribution is 0.0508. The molecule has 1 fully saturated rings. The van der Waals surface area contributed by atoms with Crippen molar-refractivity contribution in [2.75, 3.05) is 24.2 Å². The van der Waals surface area contributed by atoms with Crippen molar-refractivity contribution in [3.63, 3.8) is 0 Å². The number of anilines is 1. The fourth-order valence-electron chi connectivity index (χ4n) is 3.81. The zero-order valence-electron chi connectivity index (χ0n) is 19.1. The number of hydrogen-bond acceptors (Lipinski definition) is 6. The molecule has 2 aromatic rings. The molecule has 10 heteroatoms. The molecule has 32 heavy (non-hydrogen) atoms. The summed E-state index contributed by atoms with van der Waals surface area (Å²) in [7, 11) is -3.25. The normalized spacial score (nSPS) is 16.8. The Kier molecular flexibility index (Phi) is 7.21. The molecule has 1 aromatic heterocycles. The molecule has 0 spiro atoms. The molecule has 0 radical (unpaired) electrons. The average Bonchev–Trinajstić information content (AvgIpc) is 2.65. The molecule has 176 valence electrons. The van der Waals surface area contributed by atoms with Crippen molar-refractivity contribution in [1.82, 2.24) is 15.0 Å². The quantitative estimate of drug-likeness (QED) is 0.668. The van der Waals surface area contributed by atoms with Gasteiger partial charge in [0.05, 0.1) is 22.8 Å². The number of benzene rings is 1. The van der Waals surface area contributed by atoms with Crippen LogP contribution in [0.25, 0.3) is 10.9 Å². The number of para-hydroxylation sites is 1. The van der Waals surface area contributed by atoms with Crippen molar-refractivity contribution in [2.24, 2.45) is 0 Å². The average molecular weight is 483 g/mol. The number of carbonyl (C=O) groups excluding carboxylic acids is 1. The van der Waals surface area contributed by atoms with E-state index in [0.29, 0.717) is 36.5 Å². The highest BCUT2D eigenvalue weighted by molar-refractivity contribution is 7.88. The number of alkyl carbamates (subject to hydrolysis) is 1. The molecule has 3 rings (SSSR count). The monoisotopic (exact) mass is 482 g/mol. The Morgan fingerprint density at radius 2 is 1.94 bits per heavy atom. The molecule has 1 aliphatic rings. The van der Waals surface area contributed by atoms with Crippen LogP contribution in [0.4, 0.5) is 10.6 Å². The van der Waals surface area contributed by atoms with Gasteiger partial charge in [-0.2, -0.15) is 0 Å². The van der Waals surface area contributed by atoms with E-state index < -0.39 is 21.7 Å². The van der Waals surface area contributed by atoms with Crippen molar-refractivity contribution in [3.8, 4) is 0 Å². The predicted octanol–water partition coefficient (Wildman–Crippen LogP) is 3.99. The molecule has 1 saturated heterocycles. The summed E-state index contributed by atoms with van der Waals surface area (Å²) in [5.41, 5.74) is 0.935. The Balaban J connectivity index is 1.90. The zero-order valence-corrected chi connectivity index (χ0v) is 20.7. The van der Waals surface area contributed by atoms with E-state index in [1.165, 1.54) is 6.26 Å². The molecule has 1 aliphatic heterocycles. The first-order valence-corrected chi connectivity index (χ1v) is 12.9. The lowest BCUT2D eigenvalue weighted by Crippen LogP contribution is -2.45. The summed E-state index contributed by atoms with van der Waals surface area (Å²) in [6.07, 6.45) is 1.98. The highest BCUT2D eigenvalue weighted by Gasteiger charge is 2.27. The maximum Gasteiger partial charge on any atom is 0.408 e. The first kappa shape index (κ1) is 24.5. The van der Waals surface area contributed by atoms with Gasteiger partial charge in [0.2, 0.25) is 10.0 Å². The van der Waals surface area contributed by atoms with E-state index in [-0.39, 0.29) is 12.1 Å². The number of nitrogens with one attached hydrogen (secondary N) is 2. The lowest BCUT2D eigenvalue weighted by atomic mass is 10.0. The highest BCUT2D eigenvalue weighted by atomic mass is 35.5. The lowest BCUT2D eigenvalue weighted by Gasteiger charge is -2.35. The smallest absolute Gasteiger partial charge is 0.408 e. The summed E-state index contributed by atoms with van der Waals surface area (Å²) < 4.78 is 31.2. The van der Waals surface area contributed by atoms with E-state index in [1.54, 1.807) is 6.07 Å². The standard InChI is InChI=1S/C22H31ClN4O4S/c1-14(24-21(28)31-22(2,3)4)17-13-15-7-6-8-18(23)19(15)25-20(17)27-11-9-16(10-12-27)26-32(5,29)30/h6-8,13-14,16,26H,9-12H2,1-5H3,(H,24,28)/t14-/m0/s1. The van der Waals surface area contributed by atoms with E-state index in [1.807, 2.05) is 45.9 Å². The summed E-state index contributed by atoms with van der Waals surface area (Å²) >= 11 is 6.41. The van der Waals surface area contributed by atoms with Crippen LogP contribution >= 0.6 is 11.6 Å². The second kappa shape index (κ2) is 9.41. The number of hydrogen-bond donors (Lipinski definition) is 2. The molecule has 1 atom stereocenters. The third-order valence-electron chi connectivity index (χ3n) is 5.18. The largest absolute Gasteiger partial charge is 0.444 e. The van der Waals surface area contributed by atoms with Crippen molar-refractivity contribution >= 4 is 44.4 Å². The number of piperidine rings is 1. The molecular formula is C22H31ClN4O4S. The molecule has 0 saturated carbocycles. The summed E-state index contributed by atoms with van der Waals surface area (Å²) in [5, 5.41) is 4.33. The van der Waals surface area contributed by atoms with Gasteiger partial charge in [-0.25, -0.2) is 22.9 Å². The number of fused-ring (bicyclic) bond motifs is 1. The van der Waals surface area contributed by atoms with Crippen LogP contribution in [0, 0.1) is 0 Å². The van der Waals surface area contributed by atoms with Crippen LogP contribution in [-0.2, 0) is 14.8 Å². The van der Waals surface area contributed by atoms with Crippen LogP contribution in [0.15, 0.2) is 24.3 Å². The minimum atomic E-state index is -3.25. The number of sulfonamides is 1. The third-order valence-corrected chi connectivity index (χ3v) is 6.25. The number of halogens is 1. The van der Waals surface area contributed by atoms with Gasteiger partial charge in [0, 0.05) is 30.1 Å². The van der Waals surface area contributed by atoms with Gasteiger partial charge in [-0.05, 0) is 52.7 Å². The van der Waals surface area contributed by atoms with Gasteiger partial charge in [-0.15, -0.1) is 0 Å². The van der Waals surface area contributed by atoms with Crippen LogP contribution in [0.1, 0.15) is 52.1 Å². The Bertz CT molecular complexity index is 1090. The molecule has 0 aliphatic carbocycles. The third kappa shape index (κ3) is 6.46. The Morgan fingerprint density at radius 1 is 1.28 bits per heavy atom. The van der Waals surface area contributed by atoms with Gasteiger partial charge in [0.25, 0.3) is 0 Å². The fraction of sp³-hybridized carbons (Fsp3) is 0.545. The predicted molar refractivity (Wildman–Crippen MR) is 128 cm³/mol. The maximum atomic E-state index is 12.4. The minimum Gasteiger partial charge on any atom is -0.444 e. The van der Waals surface area contributed by atoms with E-state index >= 15 is 0 Å². The van der Waals surface area contributed by atoms with Gasteiger partial charge in [0.15, 0.2) is 0 Å². The number of ether oxygens (including phenoxy) is 1. The van der Waals surface area contributed by atoms with Crippen molar-refractivity contribution in [3.05, 3.63) is 34.9 Å². The Hall–Kier alpha value is -2.10. The SMILES string of the molecule is C[C@H](NC(=O)OC(C)(C)C)c1cc2cccc(Cl)c2nc1N1CCC(NS(C)(=O)=O)CC1. The van der Waals surface area contributed by atoms with E-state index in [0.717, 1.165) is 16.8 Å². The minimum absolute atomic E-state index is 0.106. The Labute approximate surface area is 194 Å². The number of rotatable bonds is 5. The van der Waals surface area contributed by atoms with Gasteiger partial charge in [0.1, 0.15) is 11.4 Å². The van der Waals surface area contributed by atoms with Gasteiger partial charge in [-0.3, -0.25) is 0 Å². The maximum absolute atomic E-state index is 12.4. The summed E-state index contributed by atoms with van der Waals surface area (Å²) in [6.45, 7) is 8.59. The molecule has 0 unspecified atom stereocenters. The molecule has 2 heterocycles. The summed E-state index contributed by atoms with van der Waals surface area (Å²) in [4.78, 5) is 19.4. The van der Waals surface area contributed by atoms with E-state index in [4.69, 9.17) is 21.3 Å². The van der Waals surface area contributed by atoms with Crippen molar-refractivity contribution in [2.45, 2.75) is 58.2 Å². The summed E-state index contributed by atoms with van der Waals surface area (Å²) in [6, 6.07) is 7.12. The van der Waals surface area contributed by atoms with Crippen LogP contribution in [0.2, 0.25) is 5.02 Å². The topological polar surface area (TPSA) is 101 Å². The molecule has 8 nitrogen and oxygen atoms in total. The van der Waals surface area contributed by atoms with E-state index in [2.05, 4.69) is 14.9 Å². The molecule has 1 aromatic carbocycles. The van der Waals surface area contributed by atoms with Crippen LogP contribution in [0.3, 0.4) is 0 Å². The number of amides is 1. The van der Waals surface area contributed by atoms with Crippen molar-refractivity contribution in [1.29, 1.82) is 0 Å². The van der Waals surface area contributed by atoms with Gasteiger partial charge >= 0.3 is 6.09 Å². The number of aromatic nitrogens is 1. The molecule has 2 N–H and O–H groups in total. The van der Waals surface area contributed by atoms with Gasteiger partial charge in [-0.1, -0.05) is 23.7 Å².